The van der Waals surface area contributed by atoms with Gasteiger partial charge in [0.25, 0.3) is 0 Å². The van der Waals surface area contributed by atoms with Crippen molar-refractivity contribution in [3.05, 3.63) is 65.0 Å². The van der Waals surface area contributed by atoms with Gasteiger partial charge in [0.05, 0.1) is 13.7 Å². The third-order valence-corrected chi connectivity index (χ3v) is 6.97. The van der Waals surface area contributed by atoms with Gasteiger partial charge in [0.2, 0.25) is 17.7 Å². The van der Waals surface area contributed by atoms with E-state index in [1.54, 1.807) is 21.9 Å². The number of nitrogens with zero attached hydrogens (tertiary/aromatic N) is 2. The minimum atomic E-state index is -0.681. The summed E-state index contributed by atoms with van der Waals surface area (Å²) in [4.78, 5) is 41.1. The number of carbonyl (C=O) groups excluding carboxylic acids is 3. The third kappa shape index (κ3) is 5.99. The number of halogens is 1. The van der Waals surface area contributed by atoms with Crippen LogP contribution >= 0.6 is 0 Å². The van der Waals surface area contributed by atoms with Crippen molar-refractivity contribution < 1.29 is 23.5 Å². The first-order valence-corrected chi connectivity index (χ1v) is 12.0. The fraction of sp³-hybridized carbons (Fsp3) is 0.444. The molecule has 0 spiro atoms. The van der Waals surface area contributed by atoms with E-state index in [4.69, 9.17) is 4.74 Å². The standard InChI is InChI=1S/C27H32FN3O4/c1-19-4-3-5-20(14-19)17-30-12-13-31(18-26(30)34)25(33)9-11-27(10-8-24(32)29-27)16-21-6-7-22(35-2)15-23(21)28/h3-7,14-15H,8-13,16-18H2,1-2H3,(H,29,32). The van der Waals surface area contributed by atoms with Gasteiger partial charge >= 0.3 is 0 Å². The number of hydrogen-bond acceptors (Lipinski definition) is 4. The highest BCUT2D eigenvalue weighted by atomic mass is 19.1. The smallest absolute Gasteiger partial charge is 0.242 e. The van der Waals surface area contributed by atoms with Crippen molar-refractivity contribution in [1.29, 1.82) is 0 Å². The first kappa shape index (κ1) is 24.7. The van der Waals surface area contributed by atoms with Crippen molar-refractivity contribution in [1.82, 2.24) is 15.1 Å². The minimum Gasteiger partial charge on any atom is -0.497 e. The molecule has 2 aromatic carbocycles. The van der Waals surface area contributed by atoms with Crippen LogP contribution in [0.2, 0.25) is 0 Å². The number of ether oxygens (including phenoxy) is 1. The average molecular weight is 482 g/mol. The molecule has 2 heterocycles. The predicted octanol–water partition coefficient (Wildman–Crippen LogP) is 2.99. The molecule has 4 rings (SSSR count). The van der Waals surface area contributed by atoms with Crippen LogP contribution in [0.4, 0.5) is 4.39 Å². The first-order chi connectivity index (χ1) is 16.8. The molecule has 3 amide bonds. The predicted molar refractivity (Wildman–Crippen MR) is 129 cm³/mol. The molecule has 2 saturated heterocycles. The van der Waals surface area contributed by atoms with E-state index >= 15 is 0 Å². The van der Waals surface area contributed by atoms with Crippen LogP contribution in [0.5, 0.6) is 5.75 Å². The SMILES string of the molecule is COc1ccc(CC2(CCC(=O)N3CCN(Cc4cccc(C)c4)C(=O)C3)CCC(=O)N2)c(F)c1. The van der Waals surface area contributed by atoms with Crippen LogP contribution in [-0.2, 0) is 27.3 Å². The molecule has 8 heteroatoms. The zero-order valence-electron chi connectivity index (χ0n) is 20.3. The van der Waals surface area contributed by atoms with E-state index in [9.17, 15) is 18.8 Å². The highest BCUT2D eigenvalue weighted by Gasteiger charge is 2.39. The van der Waals surface area contributed by atoms with Crippen LogP contribution < -0.4 is 10.1 Å². The lowest BCUT2D eigenvalue weighted by atomic mass is 9.84. The summed E-state index contributed by atoms with van der Waals surface area (Å²) in [5.41, 5.74) is 2.01. The number of piperazine rings is 1. The summed E-state index contributed by atoms with van der Waals surface area (Å²) >= 11 is 0. The number of nitrogens with one attached hydrogen (secondary N) is 1. The Kier molecular flexibility index (Phi) is 7.38. The summed E-state index contributed by atoms with van der Waals surface area (Å²) in [6.45, 7) is 3.56. The lowest BCUT2D eigenvalue weighted by Crippen LogP contribution is -2.52. The van der Waals surface area contributed by atoms with E-state index in [0.717, 1.165) is 11.1 Å². The summed E-state index contributed by atoms with van der Waals surface area (Å²) in [5.74, 6) is -0.255. The van der Waals surface area contributed by atoms with Gasteiger partial charge in [0.15, 0.2) is 0 Å². The molecule has 1 N–H and O–H groups in total. The molecular weight excluding hydrogens is 449 g/mol. The van der Waals surface area contributed by atoms with Crippen LogP contribution in [0.25, 0.3) is 0 Å². The number of amides is 3. The summed E-state index contributed by atoms with van der Waals surface area (Å²) in [7, 11) is 1.48. The fourth-order valence-electron chi connectivity index (χ4n) is 4.97. The van der Waals surface area contributed by atoms with Crippen molar-refractivity contribution in [2.24, 2.45) is 0 Å². The van der Waals surface area contributed by atoms with Crippen LogP contribution in [0.1, 0.15) is 42.4 Å². The second-order valence-corrected chi connectivity index (χ2v) is 9.58. The van der Waals surface area contributed by atoms with E-state index in [1.807, 2.05) is 25.1 Å². The largest absolute Gasteiger partial charge is 0.497 e. The zero-order chi connectivity index (χ0) is 25.0. The maximum absolute atomic E-state index is 14.6. The Balaban J connectivity index is 1.35. The summed E-state index contributed by atoms with van der Waals surface area (Å²) in [6, 6.07) is 12.7. The second-order valence-electron chi connectivity index (χ2n) is 9.58. The van der Waals surface area contributed by atoms with Gasteiger partial charge < -0.3 is 19.9 Å². The van der Waals surface area contributed by atoms with Gasteiger partial charge in [-0.3, -0.25) is 14.4 Å². The molecule has 1 unspecified atom stereocenters. The van der Waals surface area contributed by atoms with E-state index < -0.39 is 11.4 Å². The Morgan fingerprint density at radius 2 is 2.00 bits per heavy atom. The molecule has 0 saturated carbocycles. The number of hydrogen-bond donors (Lipinski definition) is 1. The quantitative estimate of drug-likeness (QED) is 0.629. The molecule has 2 aliphatic heterocycles. The van der Waals surface area contributed by atoms with Crippen molar-refractivity contribution in [3.8, 4) is 5.75 Å². The molecule has 2 aliphatic rings. The van der Waals surface area contributed by atoms with Crippen molar-refractivity contribution in [2.75, 3.05) is 26.7 Å². The van der Waals surface area contributed by atoms with E-state index in [-0.39, 0.29) is 30.7 Å². The number of carbonyl (C=O) groups is 3. The van der Waals surface area contributed by atoms with E-state index in [0.29, 0.717) is 56.6 Å². The molecule has 2 fully saturated rings. The number of benzene rings is 2. The van der Waals surface area contributed by atoms with Gasteiger partial charge in [-0.05, 0) is 43.4 Å². The monoisotopic (exact) mass is 481 g/mol. The minimum absolute atomic E-state index is 0.0527. The third-order valence-electron chi connectivity index (χ3n) is 6.97. The molecule has 0 aliphatic carbocycles. The topological polar surface area (TPSA) is 79.0 Å². The Morgan fingerprint density at radius 3 is 2.66 bits per heavy atom. The maximum atomic E-state index is 14.6. The normalized spacial score (nSPS) is 20.2. The van der Waals surface area contributed by atoms with Crippen LogP contribution in [0, 0.1) is 12.7 Å². The molecule has 2 aromatic rings. The van der Waals surface area contributed by atoms with Crippen LogP contribution in [0.3, 0.4) is 0 Å². The summed E-state index contributed by atoms with van der Waals surface area (Å²) < 4.78 is 19.7. The fourth-order valence-corrected chi connectivity index (χ4v) is 4.97. The lowest BCUT2D eigenvalue weighted by Gasteiger charge is -2.35. The second kappa shape index (κ2) is 10.5. The zero-order valence-corrected chi connectivity index (χ0v) is 20.3. The molecule has 1 atom stereocenters. The van der Waals surface area contributed by atoms with Gasteiger partial charge in [-0.25, -0.2) is 4.39 Å². The Bertz CT molecular complexity index is 1120. The number of methoxy groups -OCH3 is 1. The number of aryl methyl sites for hydroxylation is 1. The Morgan fingerprint density at radius 1 is 1.17 bits per heavy atom. The average Bonchev–Trinajstić information content (AvgIpc) is 3.20. The highest BCUT2D eigenvalue weighted by molar-refractivity contribution is 5.86. The van der Waals surface area contributed by atoms with Gasteiger partial charge in [0.1, 0.15) is 11.6 Å². The molecule has 0 aromatic heterocycles. The van der Waals surface area contributed by atoms with E-state index in [1.165, 1.54) is 13.2 Å². The summed E-state index contributed by atoms with van der Waals surface area (Å²) in [6.07, 6.45) is 1.75. The molecule has 186 valence electrons. The van der Waals surface area contributed by atoms with Crippen molar-refractivity contribution in [3.63, 3.8) is 0 Å². The molecule has 7 nitrogen and oxygen atoms in total. The Labute approximate surface area is 205 Å². The lowest BCUT2D eigenvalue weighted by molar-refractivity contribution is -0.145. The summed E-state index contributed by atoms with van der Waals surface area (Å²) in [5, 5.41) is 2.99. The molecule has 35 heavy (non-hydrogen) atoms. The van der Waals surface area contributed by atoms with Gasteiger partial charge in [0, 0.05) is 44.1 Å². The molecule has 0 radical (unpaired) electrons. The molecular formula is C27H32FN3O4. The Hall–Kier alpha value is -3.42. The van der Waals surface area contributed by atoms with Crippen molar-refractivity contribution >= 4 is 17.7 Å². The van der Waals surface area contributed by atoms with Gasteiger partial charge in [-0.15, -0.1) is 0 Å². The van der Waals surface area contributed by atoms with Crippen LogP contribution in [-0.4, -0.2) is 59.8 Å². The number of rotatable bonds is 8. The molecule has 0 bridgehead atoms. The maximum Gasteiger partial charge on any atom is 0.242 e. The highest BCUT2D eigenvalue weighted by Crippen LogP contribution is 2.31. The van der Waals surface area contributed by atoms with Crippen molar-refractivity contribution in [2.45, 2.75) is 51.1 Å². The van der Waals surface area contributed by atoms with Crippen LogP contribution in [0.15, 0.2) is 42.5 Å². The van der Waals surface area contributed by atoms with Gasteiger partial charge in [-0.2, -0.15) is 0 Å². The van der Waals surface area contributed by atoms with Gasteiger partial charge in [-0.1, -0.05) is 35.9 Å². The first-order valence-electron chi connectivity index (χ1n) is 12.0. The van der Waals surface area contributed by atoms with E-state index in [2.05, 4.69) is 11.4 Å².